The van der Waals surface area contributed by atoms with Gasteiger partial charge in [-0.25, -0.2) is 0 Å². The number of hydrogen-bond donors (Lipinski definition) is 2. The number of amides is 2. The summed E-state index contributed by atoms with van der Waals surface area (Å²) in [7, 11) is 0. The Hall–Kier alpha value is -3.80. The van der Waals surface area contributed by atoms with Crippen LogP contribution in [0.25, 0.3) is 11.1 Å². The highest BCUT2D eigenvalue weighted by molar-refractivity contribution is 6.36. The molecule has 0 fully saturated rings. The largest absolute Gasteiger partial charge is 0.493 e. The molecule has 0 saturated carbocycles. The van der Waals surface area contributed by atoms with E-state index >= 15 is 0 Å². The Labute approximate surface area is 264 Å². The molecule has 224 valence electrons. The average molecular weight is 618 g/mol. The van der Waals surface area contributed by atoms with E-state index in [0.717, 1.165) is 34.4 Å². The van der Waals surface area contributed by atoms with Crippen LogP contribution in [-0.2, 0) is 11.2 Å². The lowest BCUT2D eigenvalue weighted by atomic mass is 9.90. The van der Waals surface area contributed by atoms with Crippen molar-refractivity contribution >= 4 is 40.7 Å². The lowest BCUT2D eigenvalue weighted by Crippen LogP contribution is -2.24. The SMILES string of the molecule is CCCNC(=O)c1ccc(CC(C(=O)Nc2ccc(-c3ccc(Cl)cc3Cl)cc2)c2ccc(OCC(C)(C)C)cc2)cc1. The molecule has 0 aliphatic heterocycles. The van der Waals surface area contributed by atoms with Crippen LogP contribution in [0.1, 0.15) is 61.5 Å². The number of benzene rings is 4. The van der Waals surface area contributed by atoms with Gasteiger partial charge in [0.1, 0.15) is 5.75 Å². The third-order valence-electron chi connectivity index (χ3n) is 6.86. The molecule has 2 amide bonds. The van der Waals surface area contributed by atoms with Crippen molar-refractivity contribution in [2.45, 2.75) is 46.5 Å². The molecule has 1 atom stereocenters. The van der Waals surface area contributed by atoms with Gasteiger partial charge in [0.2, 0.25) is 5.91 Å². The molecule has 4 aromatic rings. The summed E-state index contributed by atoms with van der Waals surface area (Å²) >= 11 is 12.4. The van der Waals surface area contributed by atoms with E-state index in [1.54, 1.807) is 24.3 Å². The first-order chi connectivity index (χ1) is 20.5. The normalized spacial score (nSPS) is 12.0. The van der Waals surface area contributed by atoms with Gasteiger partial charge in [0.25, 0.3) is 5.91 Å². The van der Waals surface area contributed by atoms with Crippen molar-refractivity contribution < 1.29 is 14.3 Å². The summed E-state index contributed by atoms with van der Waals surface area (Å²) in [6.07, 6.45) is 1.33. The molecule has 43 heavy (non-hydrogen) atoms. The van der Waals surface area contributed by atoms with Crippen molar-refractivity contribution in [3.8, 4) is 16.9 Å². The van der Waals surface area contributed by atoms with E-state index in [2.05, 4.69) is 31.4 Å². The molecule has 0 heterocycles. The Morgan fingerprint density at radius 3 is 2.14 bits per heavy atom. The third kappa shape index (κ3) is 9.34. The Kier molecular flexibility index (Phi) is 10.9. The van der Waals surface area contributed by atoms with Crippen LogP contribution in [0, 0.1) is 5.41 Å². The topological polar surface area (TPSA) is 67.4 Å². The molecule has 0 aromatic heterocycles. The van der Waals surface area contributed by atoms with Crippen LogP contribution < -0.4 is 15.4 Å². The Morgan fingerprint density at radius 1 is 0.860 bits per heavy atom. The van der Waals surface area contributed by atoms with Gasteiger partial charge >= 0.3 is 0 Å². The minimum Gasteiger partial charge on any atom is -0.493 e. The van der Waals surface area contributed by atoms with Gasteiger partial charge in [-0.3, -0.25) is 9.59 Å². The number of anilines is 1. The van der Waals surface area contributed by atoms with Crippen molar-refractivity contribution in [3.05, 3.63) is 118 Å². The molecule has 1 unspecified atom stereocenters. The van der Waals surface area contributed by atoms with Crippen LogP contribution in [0.4, 0.5) is 5.69 Å². The monoisotopic (exact) mass is 616 g/mol. The molecule has 4 aromatic carbocycles. The molecule has 7 heteroatoms. The number of rotatable bonds is 11. The second-order valence-electron chi connectivity index (χ2n) is 11.8. The maximum Gasteiger partial charge on any atom is 0.251 e. The number of nitrogens with one attached hydrogen (secondary N) is 2. The van der Waals surface area contributed by atoms with Gasteiger partial charge in [-0.15, -0.1) is 0 Å². The van der Waals surface area contributed by atoms with Crippen LogP contribution in [0.15, 0.2) is 91.0 Å². The minimum atomic E-state index is -0.471. The summed E-state index contributed by atoms with van der Waals surface area (Å²) in [6.45, 7) is 9.60. The van der Waals surface area contributed by atoms with E-state index in [0.29, 0.717) is 40.9 Å². The van der Waals surface area contributed by atoms with E-state index in [9.17, 15) is 9.59 Å². The van der Waals surface area contributed by atoms with Crippen molar-refractivity contribution in [1.82, 2.24) is 5.32 Å². The predicted octanol–water partition coefficient (Wildman–Crippen LogP) is 9.19. The van der Waals surface area contributed by atoms with E-state index in [1.165, 1.54) is 0 Å². The summed E-state index contributed by atoms with van der Waals surface area (Å²) in [5, 5.41) is 7.12. The number of hydrogen-bond acceptors (Lipinski definition) is 3. The van der Waals surface area contributed by atoms with Gasteiger partial charge in [-0.1, -0.05) is 93.4 Å². The molecule has 0 spiro atoms. The van der Waals surface area contributed by atoms with Crippen LogP contribution in [0.2, 0.25) is 10.0 Å². The van der Waals surface area contributed by atoms with Gasteiger partial charge in [0.15, 0.2) is 0 Å². The average Bonchev–Trinajstić information content (AvgIpc) is 2.98. The maximum absolute atomic E-state index is 13.8. The highest BCUT2D eigenvalue weighted by Gasteiger charge is 2.22. The molecule has 5 nitrogen and oxygen atoms in total. The Bertz CT molecular complexity index is 1530. The van der Waals surface area contributed by atoms with Crippen molar-refractivity contribution in [1.29, 1.82) is 0 Å². The first-order valence-electron chi connectivity index (χ1n) is 14.5. The molecule has 4 rings (SSSR count). The maximum atomic E-state index is 13.8. The molecule has 2 N–H and O–H groups in total. The fourth-order valence-corrected chi connectivity index (χ4v) is 5.03. The zero-order valence-corrected chi connectivity index (χ0v) is 26.6. The molecule has 0 aliphatic carbocycles. The zero-order chi connectivity index (χ0) is 31.0. The van der Waals surface area contributed by atoms with Crippen LogP contribution in [0.3, 0.4) is 0 Å². The number of ether oxygens (including phenoxy) is 1. The molecule has 0 aliphatic rings. The van der Waals surface area contributed by atoms with E-state index < -0.39 is 5.92 Å². The Morgan fingerprint density at radius 2 is 1.53 bits per heavy atom. The predicted molar refractivity (Wildman–Crippen MR) is 177 cm³/mol. The van der Waals surface area contributed by atoms with Gasteiger partial charge in [-0.05, 0) is 83.5 Å². The van der Waals surface area contributed by atoms with Crippen molar-refractivity contribution in [2.75, 3.05) is 18.5 Å². The van der Waals surface area contributed by atoms with E-state index in [-0.39, 0.29) is 17.2 Å². The molecule has 0 saturated heterocycles. The summed E-state index contributed by atoms with van der Waals surface area (Å²) in [5.41, 5.74) is 4.92. The quantitative estimate of drug-likeness (QED) is 0.176. The van der Waals surface area contributed by atoms with E-state index in [4.69, 9.17) is 27.9 Å². The molecule has 0 bridgehead atoms. The minimum absolute atomic E-state index is 0.0368. The highest BCUT2D eigenvalue weighted by Crippen LogP contribution is 2.32. The smallest absolute Gasteiger partial charge is 0.251 e. The fourth-order valence-electron chi connectivity index (χ4n) is 4.51. The molecular formula is C36H38Cl2N2O3. The van der Waals surface area contributed by atoms with Gasteiger partial charge < -0.3 is 15.4 Å². The standard InChI is InChI=1S/C36H38Cl2N2O3/c1-5-20-39-34(41)27-8-6-24(7-9-27)21-32(26-12-17-30(18-13-26)43-23-36(2,3)4)35(42)40-29-15-10-25(11-16-29)31-19-14-28(37)22-33(31)38/h6-19,22,32H,5,20-21,23H2,1-4H3,(H,39,41)(H,40,42). The summed E-state index contributed by atoms with van der Waals surface area (Å²) < 4.78 is 5.95. The number of halogens is 2. The second-order valence-corrected chi connectivity index (χ2v) is 12.7. The molecule has 0 radical (unpaired) electrons. The van der Waals surface area contributed by atoms with Gasteiger partial charge in [0, 0.05) is 33.4 Å². The van der Waals surface area contributed by atoms with Gasteiger partial charge in [0.05, 0.1) is 12.5 Å². The third-order valence-corrected chi connectivity index (χ3v) is 7.40. The Balaban J connectivity index is 1.54. The van der Waals surface area contributed by atoms with Crippen LogP contribution in [0.5, 0.6) is 5.75 Å². The lowest BCUT2D eigenvalue weighted by Gasteiger charge is -2.20. The fraction of sp³-hybridized carbons (Fsp3) is 0.278. The lowest BCUT2D eigenvalue weighted by molar-refractivity contribution is -0.117. The second kappa shape index (κ2) is 14.6. The van der Waals surface area contributed by atoms with E-state index in [1.807, 2.05) is 73.7 Å². The van der Waals surface area contributed by atoms with Crippen LogP contribution in [-0.4, -0.2) is 25.0 Å². The van der Waals surface area contributed by atoms with Crippen molar-refractivity contribution in [3.63, 3.8) is 0 Å². The zero-order valence-electron chi connectivity index (χ0n) is 25.0. The molecular weight excluding hydrogens is 579 g/mol. The highest BCUT2D eigenvalue weighted by atomic mass is 35.5. The summed E-state index contributed by atoms with van der Waals surface area (Å²) in [5.74, 6) is 0.0563. The van der Waals surface area contributed by atoms with Crippen molar-refractivity contribution in [2.24, 2.45) is 5.41 Å². The first kappa shape index (κ1) is 32.1. The van der Waals surface area contributed by atoms with Crippen LogP contribution >= 0.6 is 23.2 Å². The first-order valence-corrected chi connectivity index (χ1v) is 15.2. The number of carbonyl (C=O) groups excluding carboxylic acids is 2. The summed E-state index contributed by atoms with van der Waals surface area (Å²) in [4.78, 5) is 26.1. The van der Waals surface area contributed by atoms with Gasteiger partial charge in [-0.2, -0.15) is 0 Å². The number of carbonyl (C=O) groups is 2. The summed E-state index contributed by atoms with van der Waals surface area (Å²) in [6, 6.07) is 28.1.